The van der Waals surface area contributed by atoms with Gasteiger partial charge in [-0.1, -0.05) is 12.5 Å². The lowest BCUT2D eigenvalue weighted by Crippen LogP contribution is -2.37. The van der Waals surface area contributed by atoms with Crippen molar-refractivity contribution in [1.82, 2.24) is 0 Å². The topological polar surface area (TPSA) is 46.2 Å². The first kappa shape index (κ1) is 11.5. The van der Waals surface area contributed by atoms with Crippen LogP contribution in [0.1, 0.15) is 30.9 Å². The fourth-order valence-corrected chi connectivity index (χ4v) is 2.07. The Morgan fingerprint density at radius 1 is 1.25 bits per heavy atom. The van der Waals surface area contributed by atoms with Gasteiger partial charge in [-0.05, 0) is 30.9 Å². The third kappa shape index (κ3) is 1.95. The second-order valence-electron chi connectivity index (χ2n) is 4.34. The Bertz CT molecular complexity index is 359. The molecule has 0 radical (unpaired) electrons. The Balaban J connectivity index is 2.22. The molecule has 2 rings (SSSR count). The Morgan fingerprint density at radius 3 is 2.25 bits per heavy atom. The van der Waals surface area contributed by atoms with Gasteiger partial charge in [0.05, 0.1) is 12.1 Å². The first-order valence-corrected chi connectivity index (χ1v) is 5.49. The van der Waals surface area contributed by atoms with E-state index in [1.165, 1.54) is 6.07 Å². The zero-order valence-corrected chi connectivity index (χ0v) is 8.87. The maximum absolute atomic E-state index is 13.4. The average molecular weight is 227 g/mol. The normalized spacial score (nSPS) is 20.2. The number of benzene rings is 1. The van der Waals surface area contributed by atoms with Gasteiger partial charge in [0, 0.05) is 5.56 Å². The molecule has 1 aromatic carbocycles. The Kier molecular flexibility index (Phi) is 3.21. The van der Waals surface area contributed by atoms with E-state index in [4.69, 9.17) is 5.73 Å². The molecule has 2 atom stereocenters. The summed E-state index contributed by atoms with van der Waals surface area (Å²) in [6.07, 6.45) is 1.95. The quantitative estimate of drug-likeness (QED) is 0.830. The molecule has 0 spiro atoms. The van der Waals surface area contributed by atoms with Crippen LogP contribution in [0.3, 0.4) is 0 Å². The SMILES string of the molecule is N[C@H](c1c(F)cccc1F)[C@@H](O)C1CCC1. The molecular weight excluding hydrogens is 212 g/mol. The number of nitrogens with two attached hydrogens (primary N) is 1. The molecule has 0 saturated heterocycles. The number of halogens is 2. The third-order valence-corrected chi connectivity index (χ3v) is 3.33. The van der Waals surface area contributed by atoms with Crippen molar-refractivity contribution in [3.8, 4) is 0 Å². The molecule has 4 heteroatoms. The van der Waals surface area contributed by atoms with Gasteiger partial charge in [-0.2, -0.15) is 0 Å². The van der Waals surface area contributed by atoms with Crippen LogP contribution in [0.2, 0.25) is 0 Å². The van der Waals surface area contributed by atoms with Crippen LogP contribution >= 0.6 is 0 Å². The van der Waals surface area contributed by atoms with Gasteiger partial charge in [0.15, 0.2) is 0 Å². The molecule has 0 heterocycles. The minimum absolute atomic E-state index is 0.0778. The molecule has 0 amide bonds. The van der Waals surface area contributed by atoms with E-state index in [1.807, 2.05) is 0 Å². The predicted molar refractivity (Wildman–Crippen MR) is 56.6 cm³/mol. The van der Waals surface area contributed by atoms with E-state index in [1.54, 1.807) is 0 Å². The number of aliphatic hydroxyl groups excluding tert-OH is 1. The summed E-state index contributed by atoms with van der Waals surface area (Å²) in [4.78, 5) is 0. The summed E-state index contributed by atoms with van der Waals surface area (Å²) in [6, 6.07) is 2.63. The van der Waals surface area contributed by atoms with Crippen molar-refractivity contribution in [3.05, 3.63) is 35.4 Å². The molecule has 1 aliphatic rings. The molecule has 0 bridgehead atoms. The zero-order chi connectivity index (χ0) is 11.7. The number of hydrogen-bond acceptors (Lipinski definition) is 2. The van der Waals surface area contributed by atoms with Crippen LogP contribution in [-0.4, -0.2) is 11.2 Å². The van der Waals surface area contributed by atoms with Crippen molar-refractivity contribution in [1.29, 1.82) is 0 Å². The molecule has 1 aliphatic carbocycles. The highest BCUT2D eigenvalue weighted by Crippen LogP contribution is 2.35. The highest BCUT2D eigenvalue weighted by Gasteiger charge is 2.33. The van der Waals surface area contributed by atoms with Crippen molar-refractivity contribution in [3.63, 3.8) is 0 Å². The zero-order valence-electron chi connectivity index (χ0n) is 8.87. The molecule has 2 nitrogen and oxygen atoms in total. The van der Waals surface area contributed by atoms with Crippen LogP contribution in [0.25, 0.3) is 0 Å². The van der Waals surface area contributed by atoms with E-state index in [-0.39, 0.29) is 11.5 Å². The van der Waals surface area contributed by atoms with Crippen molar-refractivity contribution in [2.24, 2.45) is 11.7 Å². The van der Waals surface area contributed by atoms with Crippen molar-refractivity contribution >= 4 is 0 Å². The maximum atomic E-state index is 13.4. The highest BCUT2D eigenvalue weighted by atomic mass is 19.1. The fourth-order valence-electron chi connectivity index (χ4n) is 2.07. The third-order valence-electron chi connectivity index (χ3n) is 3.33. The van der Waals surface area contributed by atoms with E-state index in [2.05, 4.69) is 0 Å². The first-order chi connectivity index (χ1) is 7.61. The lowest BCUT2D eigenvalue weighted by molar-refractivity contribution is 0.0395. The number of aliphatic hydroxyl groups is 1. The fraction of sp³-hybridized carbons (Fsp3) is 0.500. The summed E-state index contributed by atoms with van der Waals surface area (Å²) in [5, 5.41) is 9.88. The van der Waals surface area contributed by atoms with Crippen LogP contribution in [0.5, 0.6) is 0 Å². The van der Waals surface area contributed by atoms with Crippen LogP contribution in [0.15, 0.2) is 18.2 Å². The molecule has 88 valence electrons. The molecule has 3 N–H and O–H groups in total. The lowest BCUT2D eigenvalue weighted by atomic mass is 9.77. The first-order valence-electron chi connectivity index (χ1n) is 5.49. The summed E-state index contributed by atoms with van der Waals surface area (Å²) in [5.74, 6) is -1.30. The summed E-state index contributed by atoms with van der Waals surface area (Å²) in [7, 11) is 0. The maximum Gasteiger partial charge on any atom is 0.131 e. The van der Waals surface area contributed by atoms with E-state index in [0.29, 0.717) is 0 Å². The van der Waals surface area contributed by atoms with Crippen LogP contribution < -0.4 is 5.73 Å². The molecule has 1 aromatic rings. The van der Waals surface area contributed by atoms with Gasteiger partial charge in [-0.25, -0.2) is 8.78 Å². The van der Waals surface area contributed by atoms with Crippen LogP contribution in [0.4, 0.5) is 8.78 Å². The second kappa shape index (κ2) is 4.47. The van der Waals surface area contributed by atoms with Crippen LogP contribution in [-0.2, 0) is 0 Å². The minimum atomic E-state index is -0.980. The van der Waals surface area contributed by atoms with Gasteiger partial charge >= 0.3 is 0 Å². The number of rotatable bonds is 3. The van der Waals surface area contributed by atoms with Crippen molar-refractivity contribution in [2.45, 2.75) is 31.4 Å². The molecule has 16 heavy (non-hydrogen) atoms. The van der Waals surface area contributed by atoms with Crippen LogP contribution in [0, 0.1) is 17.6 Å². The van der Waals surface area contributed by atoms with Gasteiger partial charge in [0.2, 0.25) is 0 Å². The second-order valence-corrected chi connectivity index (χ2v) is 4.34. The molecule has 0 aromatic heterocycles. The smallest absolute Gasteiger partial charge is 0.131 e. The molecule has 1 saturated carbocycles. The van der Waals surface area contributed by atoms with Gasteiger partial charge in [-0.15, -0.1) is 0 Å². The Morgan fingerprint density at radius 2 is 1.81 bits per heavy atom. The van der Waals surface area contributed by atoms with E-state index >= 15 is 0 Å². The van der Waals surface area contributed by atoms with Crippen molar-refractivity contribution < 1.29 is 13.9 Å². The predicted octanol–water partition coefficient (Wildman–Crippen LogP) is 2.13. The molecule has 1 fully saturated rings. The number of hydrogen-bond donors (Lipinski definition) is 2. The largest absolute Gasteiger partial charge is 0.391 e. The summed E-state index contributed by atoms with van der Waals surface area (Å²) in [5.41, 5.74) is 5.51. The van der Waals surface area contributed by atoms with Gasteiger partial charge < -0.3 is 10.8 Å². The Hall–Kier alpha value is -1.00. The average Bonchev–Trinajstić information content (AvgIpc) is 2.14. The van der Waals surface area contributed by atoms with Gasteiger partial charge in [-0.3, -0.25) is 0 Å². The van der Waals surface area contributed by atoms with E-state index in [0.717, 1.165) is 31.4 Å². The molecular formula is C12H15F2NO. The molecule has 0 aliphatic heterocycles. The molecule has 0 unspecified atom stereocenters. The highest BCUT2D eigenvalue weighted by molar-refractivity contribution is 5.24. The Labute approximate surface area is 93.1 Å². The van der Waals surface area contributed by atoms with Gasteiger partial charge in [0.1, 0.15) is 11.6 Å². The van der Waals surface area contributed by atoms with E-state index in [9.17, 15) is 13.9 Å². The van der Waals surface area contributed by atoms with Gasteiger partial charge in [0.25, 0.3) is 0 Å². The summed E-state index contributed by atoms with van der Waals surface area (Å²) in [6.45, 7) is 0. The lowest BCUT2D eigenvalue weighted by Gasteiger charge is -2.33. The monoisotopic (exact) mass is 227 g/mol. The summed E-state index contributed by atoms with van der Waals surface area (Å²) >= 11 is 0. The standard InChI is InChI=1S/C12H15F2NO/c13-8-5-2-6-9(14)10(8)11(15)12(16)7-3-1-4-7/h2,5-7,11-12,16H,1,3-4,15H2/t11-,12+/m1/s1. The minimum Gasteiger partial charge on any atom is -0.391 e. The van der Waals surface area contributed by atoms with E-state index < -0.39 is 23.8 Å². The summed E-state index contributed by atoms with van der Waals surface area (Å²) < 4.78 is 26.8. The van der Waals surface area contributed by atoms with Crippen molar-refractivity contribution in [2.75, 3.05) is 0 Å².